The van der Waals surface area contributed by atoms with E-state index in [2.05, 4.69) is 5.09 Å². The van der Waals surface area contributed by atoms with Crippen molar-refractivity contribution >= 4 is 36.1 Å². The molecule has 0 spiro atoms. The number of alkyl halides is 1. The smallest absolute Gasteiger partial charge is 0.323 e. The molecule has 2 fully saturated rings. The zero-order valence-electron chi connectivity index (χ0n) is 21.9. The van der Waals surface area contributed by atoms with Gasteiger partial charge in [-0.15, -0.1) is 0 Å². The van der Waals surface area contributed by atoms with Gasteiger partial charge in [0.1, 0.15) is 30.1 Å². The zero-order chi connectivity index (χ0) is 28.2. The Kier molecular flexibility index (Phi) is 9.57. The van der Waals surface area contributed by atoms with Gasteiger partial charge in [-0.05, 0) is 69.5 Å². The SMILES string of the molecule is C[C@H](NP(=S)(OC[C@H]1O[C@@H](N2C=CC(=O)CC2=O)[C@](C)(F)[C@@H]1O)Oc1ccccc1)C(=O)OC1CCCCC1. The molecular weight excluding hydrogens is 550 g/mol. The number of para-hydroxylation sites is 1. The average molecular weight is 585 g/mol. The molecule has 0 bridgehead atoms. The molecule has 1 saturated carbocycles. The van der Waals surface area contributed by atoms with Crippen molar-refractivity contribution in [2.24, 2.45) is 0 Å². The Balaban J connectivity index is 1.45. The van der Waals surface area contributed by atoms with E-state index in [-0.39, 0.29) is 6.10 Å². The highest BCUT2D eigenvalue weighted by Gasteiger charge is 2.57. The van der Waals surface area contributed by atoms with Gasteiger partial charge in [-0.3, -0.25) is 19.3 Å². The molecule has 10 nitrogen and oxygen atoms in total. The molecule has 1 aromatic carbocycles. The molecule has 2 aliphatic heterocycles. The van der Waals surface area contributed by atoms with Crippen LogP contribution in [0, 0.1) is 0 Å². The van der Waals surface area contributed by atoms with Crippen LogP contribution in [-0.4, -0.2) is 70.5 Å². The second-order valence-corrected chi connectivity index (χ2v) is 13.3. The number of aliphatic hydroxyl groups is 1. The second-order valence-electron chi connectivity index (χ2n) is 10.1. The summed E-state index contributed by atoms with van der Waals surface area (Å²) in [6.07, 6.45) is 2.10. The molecule has 39 heavy (non-hydrogen) atoms. The third-order valence-electron chi connectivity index (χ3n) is 6.92. The van der Waals surface area contributed by atoms with Crippen molar-refractivity contribution < 1.29 is 42.4 Å². The Hall–Kier alpha value is -2.21. The van der Waals surface area contributed by atoms with Crippen molar-refractivity contribution in [3.05, 3.63) is 42.6 Å². The number of nitrogens with zero attached hydrogens (tertiary/aromatic N) is 1. The van der Waals surface area contributed by atoms with Crippen LogP contribution in [0.15, 0.2) is 42.6 Å². The Morgan fingerprint density at radius 1 is 1.28 bits per heavy atom. The molecule has 1 amide bonds. The molecule has 214 valence electrons. The fourth-order valence-corrected chi connectivity index (χ4v) is 7.14. The number of benzene rings is 1. The number of amides is 1. The van der Waals surface area contributed by atoms with Crippen molar-refractivity contribution in [1.82, 2.24) is 9.99 Å². The van der Waals surface area contributed by atoms with Crippen LogP contribution in [0.2, 0.25) is 0 Å². The standard InChI is InChI=1S/C26H34FN2O8PS/c1-17(24(33)35-19-9-5-3-6-10-19)28-38(39,37-20-11-7-4-8-12-20)34-16-21-23(32)26(2,27)25(36-21)29-14-13-18(30)15-22(29)31/h4,7-8,11-14,17,19,21,23,25,32H,3,5-6,9-10,15-16H2,1-2H3,(H,28,39)/t17-,21+,23+,25+,26+,38?/m0/s1. The molecule has 1 aromatic rings. The number of nitrogens with one attached hydrogen (secondary N) is 1. The highest BCUT2D eigenvalue weighted by molar-refractivity contribution is 8.09. The van der Waals surface area contributed by atoms with Crippen LogP contribution in [0.25, 0.3) is 0 Å². The van der Waals surface area contributed by atoms with Crippen LogP contribution in [0.3, 0.4) is 0 Å². The number of halogens is 1. The molecular formula is C26H34FN2O8PS. The lowest BCUT2D eigenvalue weighted by Crippen LogP contribution is -2.51. The van der Waals surface area contributed by atoms with Gasteiger partial charge in [0, 0.05) is 6.20 Å². The van der Waals surface area contributed by atoms with Crippen molar-refractivity contribution in [2.45, 2.75) is 88.6 Å². The number of esters is 1. The second kappa shape index (κ2) is 12.5. The summed E-state index contributed by atoms with van der Waals surface area (Å²) < 4.78 is 38.9. The molecule has 1 aliphatic carbocycles. The average Bonchev–Trinajstić information content (AvgIpc) is 3.12. The van der Waals surface area contributed by atoms with Crippen LogP contribution in [0.4, 0.5) is 4.39 Å². The highest BCUT2D eigenvalue weighted by Crippen LogP contribution is 2.47. The largest absolute Gasteiger partial charge is 0.461 e. The van der Waals surface area contributed by atoms with Crippen LogP contribution in [0.5, 0.6) is 5.75 Å². The van der Waals surface area contributed by atoms with Gasteiger partial charge < -0.3 is 23.6 Å². The maximum atomic E-state index is 15.6. The summed E-state index contributed by atoms with van der Waals surface area (Å²) >= 11 is 5.70. The predicted molar refractivity (Wildman–Crippen MR) is 143 cm³/mol. The van der Waals surface area contributed by atoms with Gasteiger partial charge in [-0.1, -0.05) is 24.6 Å². The third-order valence-corrected chi connectivity index (χ3v) is 9.42. The highest BCUT2D eigenvalue weighted by atomic mass is 32.5. The maximum Gasteiger partial charge on any atom is 0.323 e. The third kappa shape index (κ3) is 7.31. The van der Waals surface area contributed by atoms with Crippen LogP contribution in [-0.2, 0) is 40.2 Å². The number of aliphatic hydroxyl groups excluding tert-OH is 1. The number of ether oxygens (including phenoxy) is 2. The fourth-order valence-electron chi connectivity index (χ4n) is 4.73. The number of allylic oxidation sites excluding steroid dienone is 1. The molecule has 1 saturated heterocycles. The van der Waals surface area contributed by atoms with Gasteiger partial charge >= 0.3 is 12.6 Å². The molecule has 2 heterocycles. The maximum absolute atomic E-state index is 15.6. The Morgan fingerprint density at radius 3 is 2.64 bits per heavy atom. The summed E-state index contributed by atoms with van der Waals surface area (Å²) in [5.74, 6) is -1.16. The Morgan fingerprint density at radius 2 is 1.97 bits per heavy atom. The number of carbonyl (C=O) groups is 3. The Labute approximate surface area is 232 Å². The first kappa shape index (κ1) is 29.8. The van der Waals surface area contributed by atoms with Gasteiger partial charge in [-0.25, -0.2) is 9.48 Å². The molecule has 0 radical (unpaired) electrons. The quantitative estimate of drug-likeness (QED) is 0.241. The van der Waals surface area contributed by atoms with E-state index in [0.29, 0.717) is 5.75 Å². The molecule has 6 atom stereocenters. The summed E-state index contributed by atoms with van der Waals surface area (Å²) in [5.41, 5.74) is -2.37. The van der Waals surface area contributed by atoms with Gasteiger partial charge in [-0.2, -0.15) is 0 Å². The van der Waals surface area contributed by atoms with Crippen LogP contribution in [0.1, 0.15) is 52.4 Å². The van der Waals surface area contributed by atoms with E-state index in [1.54, 1.807) is 37.3 Å². The van der Waals surface area contributed by atoms with E-state index in [1.807, 2.05) is 0 Å². The summed E-state index contributed by atoms with van der Waals surface area (Å²) in [6.45, 7) is -1.17. The summed E-state index contributed by atoms with van der Waals surface area (Å²) in [6, 6.07) is 7.75. The first-order valence-corrected chi connectivity index (χ1v) is 15.6. The molecule has 1 unspecified atom stereocenters. The Bertz CT molecular complexity index is 1130. The minimum atomic E-state index is -3.47. The van der Waals surface area contributed by atoms with Gasteiger partial charge in [0.15, 0.2) is 17.7 Å². The topological polar surface area (TPSA) is 124 Å². The number of hydrogen-bond acceptors (Lipinski definition) is 9. The van der Waals surface area contributed by atoms with Crippen molar-refractivity contribution in [3.8, 4) is 5.75 Å². The minimum absolute atomic E-state index is 0.146. The summed E-state index contributed by atoms with van der Waals surface area (Å²) in [7, 11) is 0. The van der Waals surface area contributed by atoms with Gasteiger partial charge in [0.05, 0.1) is 13.0 Å². The van der Waals surface area contributed by atoms with E-state index in [9.17, 15) is 19.5 Å². The van der Waals surface area contributed by atoms with Crippen molar-refractivity contribution in [2.75, 3.05) is 6.61 Å². The first-order chi connectivity index (χ1) is 18.5. The molecule has 13 heteroatoms. The van der Waals surface area contributed by atoms with Crippen LogP contribution < -0.4 is 9.61 Å². The lowest BCUT2D eigenvalue weighted by molar-refractivity contribution is -0.152. The lowest BCUT2D eigenvalue weighted by Gasteiger charge is -2.32. The van der Waals surface area contributed by atoms with Crippen molar-refractivity contribution in [1.29, 1.82) is 0 Å². The lowest BCUT2D eigenvalue weighted by atomic mass is 9.97. The zero-order valence-corrected chi connectivity index (χ0v) is 23.6. The van der Waals surface area contributed by atoms with Crippen molar-refractivity contribution in [3.63, 3.8) is 0 Å². The number of rotatable bonds is 10. The number of ketones is 1. The van der Waals surface area contributed by atoms with E-state index in [0.717, 1.165) is 56.2 Å². The van der Waals surface area contributed by atoms with E-state index in [4.69, 9.17) is 30.3 Å². The minimum Gasteiger partial charge on any atom is -0.461 e. The van der Waals surface area contributed by atoms with Crippen LogP contribution >= 0.6 is 6.64 Å². The number of carbonyl (C=O) groups excluding carboxylic acids is 3. The summed E-state index contributed by atoms with van der Waals surface area (Å²) in [5, 5.41) is 13.7. The fraction of sp³-hybridized carbons (Fsp3) is 0.577. The molecule has 4 rings (SSSR count). The normalized spacial score (nSPS) is 30.2. The summed E-state index contributed by atoms with van der Waals surface area (Å²) in [4.78, 5) is 37.7. The van der Waals surface area contributed by atoms with E-state index in [1.165, 1.54) is 0 Å². The predicted octanol–water partition coefficient (Wildman–Crippen LogP) is 3.29. The van der Waals surface area contributed by atoms with Gasteiger partial charge in [0.25, 0.3) is 0 Å². The molecule has 2 N–H and O–H groups in total. The van der Waals surface area contributed by atoms with E-state index < -0.39 is 67.5 Å². The van der Waals surface area contributed by atoms with Gasteiger partial charge in [0.2, 0.25) is 5.91 Å². The van der Waals surface area contributed by atoms with E-state index >= 15 is 4.39 Å². The molecule has 0 aromatic heterocycles. The first-order valence-electron chi connectivity index (χ1n) is 13.0. The number of hydrogen-bond donors (Lipinski definition) is 2. The molecule has 3 aliphatic rings. The monoisotopic (exact) mass is 584 g/mol.